The first-order valence-corrected chi connectivity index (χ1v) is 12.1. The highest BCUT2D eigenvalue weighted by atomic mass is 32.1. The van der Waals surface area contributed by atoms with Gasteiger partial charge in [0, 0.05) is 30.4 Å². The van der Waals surface area contributed by atoms with Crippen LogP contribution in [0.1, 0.15) is 38.5 Å². The lowest BCUT2D eigenvalue weighted by atomic mass is 10.1. The number of hydrogen-bond donors (Lipinski definition) is 3. The number of H-pyrrole nitrogens is 2. The molecule has 0 atom stereocenters. The maximum Gasteiger partial charge on any atom is 0.183 e. The van der Waals surface area contributed by atoms with Crippen LogP contribution in [0.5, 0.6) is 0 Å². The smallest absolute Gasteiger partial charge is 0.183 e. The van der Waals surface area contributed by atoms with Crippen LogP contribution in [0.2, 0.25) is 0 Å². The van der Waals surface area contributed by atoms with Crippen molar-refractivity contribution in [2.24, 2.45) is 0 Å². The van der Waals surface area contributed by atoms with Crippen molar-refractivity contribution in [2.45, 2.75) is 44.6 Å². The summed E-state index contributed by atoms with van der Waals surface area (Å²) < 4.78 is 2.85. The molecule has 1 saturated carbocycles. The summed E-state index contributed by atoms with van der Waals surface area (Å²) in [6, 6.07) is 15.7. The van der Waals surface area contributed by atoms with E-state index >= 15 is 0 Å². The number of anilines is 2. The molecule has 4 aromatic rings. The molecule has 7 heteroatoms. The van der Waals surface area contributed by atoms with Crippen molar-refractivity contribution in [1.29, 1.82) is 0 Å². The third-order valence-electron chi connectivity index (χ3n) is 6.87. The number of rotatable bonds is 5. The summed E-state index contributed by atoms with van der Waals surface area (Å²) in [7, 11) is 0. The molecule has 2 fully saturated rings. The lowest BCUT2D eigenvalue weighted by molar-refractivity contribution is 0.752. The van der Waals surface area contributed by atoms with Gasteiger partial charge in [-0.2, -0.15) is 0 Å². The maximum atomic E-state index is 5.83. The van der Waals surface area contributed by atoms with Crippen molar-refractivity contribution in [3.8, 4) is 16.9 Å². The van der Waals surface area contributed by atoms with Gasteiger partial charge < -0.3 is 20.2 Å². The number of hydrogen-bond acceptors (Lipinski definition) is 4. The number of fused-ring (bicyclic) bond motifs is 1. The Bertz CT molecular complexity index is 1290. The van der Waals surface area contributed by atoms with Crippen molar-refractivity contribution in [2.75, 3.05) is 23.3 Å². The highest BCUT2D eigenvalue weighted by Crippen LogP contribution is 2.35. The standard InChI is InChI=1S/C25H28N6S/c32-25-29-24(28-18-5-1-2-6-18)23(17-7-9-19(10-8-17)30-13-3-4-14-30)31(25)20-11-12-21-22(15-20)27-16-26-21/h7-12,15-16,18,28H,1-6,13-14H2,(H,26,27)(H,29,32). The van der Waals surface area contributed by atoms with Gasteiger partial charge in [-0.1, -0.05) is 25.0 Å². The molecule has 3 N–H and O–H groups in total. The summed E-state index contributed by atoms with van der Waals surface area (Å²) in [4.78, 5) is 13.5. The van der Waals surface area contributed by atoms with Crippen LogP contribution in [-0.2, 0) is 0 Å². The molecule has 1 aliphatic heterocycles. The van der Waals surface area contributed by atoms with Gasteiger partial charge in [-0.15, -0.1) is 0 Å². The molecule has 3 heterocycles. The van der Waals surface area contributed by atoms with E-state index in [4.69, 9.17) is 12.2 Å². The van der Waals surface area contributed by atoms with Crippen LogP contribution in [0.4, 0.5) is 11.5 Å². The van der Waals surface area contributed by atoms with Crippen LogP contribution in [0.3, 0.4) is 0 Å². The zero-order valence-electron chi connectivity index (χ0n) is 18.1. The molecule has 164 valence electrons. The minimum Gasteiger partial charge on any atom is -0.372 e. The van der Waals surface area contributed by atoms with Gasteiger partial charge in [0.1, 0.15) is 5.82 Å². The molecule has 1 aliphatic carbocycles. The van der Waals surface area contributed by atoms with Gasteiger partial charge in [0.2, 0.25) is 0 Å². The average molecular weight is 445 g/mol. The fraction of sp³-hybridized carbons (Fsp3) is 0.360. The third-order valence-corrected chi connectivity index (χ3v) is 7.16. The van der Waals surface area contributed by atoms with E-state index in [1.54, 1.807) is 6.33 Å². The summed E-state index contributed by atoms with van der Waals surface area (Å²) in [5.74, 6) is 1.01. The van der Waals surface area contributed by atoms with Crippen LogP contribution >= 0.6 is 12.2 Å². The second-order valence-electron chi connectivity index (χ2n) is 8.96. The van der Waals surface area contributed by atoms with Gasteiger partial charge in [0.25, 0.3) is 0 Å². The molecule has 0 amide bonds. The number of aromatic nitrogens is 4. The Morgan fingerprint density at radius 2 is 1.69 bits per heavy atom. The van der Waals surface area contributed by atoms with Gasteiger partial charge in [0.15, 0.2) is 4.77 Å². The van der Waals surface area contributed by atoms with Crippen molar-refractivity contribution >= 4 is 34.8 Å². The molecule has 1 saturated heterocycles. The van der Waals surface area contributed by atoms with E-state index < -0.39 is 0 Å². The lowest BCUT2D eigenvalue weighted by Gasteiger charge is -2.19. The van der Waals surface area contributed by atoms with Gasteiger partial charge in [-0.05, 0) is 68.2 Å². The van der Waals surface area contributed by atoms with E-state index in [0.29, 0.717) is 10.8 Å². The predicted octanol–water partition coefficient (Wildman–Crippen LogP) is 6.03. The van der Waals surface area contributed by atoms with Gasteiger partial charge in [-0.3, -0.25) is 4.57 Å². The van der Waals surface area contributed by atoms with E-state index in [9.17, 15) is 0 Å². The zero-order valence-corrected chi connectivity index (χ0v) is 18.9. The van der Waals surface area contributed by atoms with Crippen molar-refractivity contribution < 1.29 is 0 Å². The number of benzene rings is 2. The quantitative estimate of drug-likeness (QED) is 0.329. The van der Waals surface area contributed by atoms with Crippen LogP contribution in [0.25, 0.3) is 28.0 Å². The Balaban J connectivity index is 1.46. The molecular formula is C25H28N6S. The minimum absolute atomic E-state index is 0.495. The molecule has 0 radical (unpaired) electrons. The maximum absolute atomic E-state index is 5.83. The SMILES string of the molecule is S=c1[nH]c(NC2CCCC2)c(-c2ccc(N3CCCC3)cc2)n1-c1ccc2nc[nH]c2c1. The molecule has 0 spiro atoms. The predicted molar refractivity (Wildman–Crippen MR) is 133 cm³/mol. The summed E-state index contributed by atoms with van der Waals surface area (Å²) >= 11 is 5.83. The molecule has 6 rings (SSSR count). The van der Waals surface area contributed by atoms with E-state index in [2.05, 4.69) is 66.1 Å². The van der Waals surface area contributed by atoms with Crippen LogP contribution < -0.4 is 10.2 Å². The zero-order chi connectivity index (χ0) is 21.5. The second-order valence-corrected chi connectivity index (χ2v) is 9.35. The van der Waals surface area contributed by atoms with E-state index in [1.807, 2.05) is 6.07 Å². The number of nitrogens with one attached hydrogen (secondary N) is 3. The van der Waals surface area contributed by atoms with Crippen LogP contribution in [-0.4, -0.2) is 38.7 Å². The Morgan fingerprint density at radius 3 is 2.47 bits per heavy atom. The Morgan fingerprint density at radius 1 is 0.938 bits per heavy atom. The normalized spacial score (nSPS) is 16.9. The van der Waals surface area contributed by atoms with Crippen molar-refractivity contribution in [3.05, 3.63) is 53.6 Å². The molecule has 2 aliphatic rings. The van der Waals surface area contributed by atoms with E-state index in [-0.39, 0.29) is 0 Å². The first-order chi connectivity index (χ1) is 15.8. The molecule has 32 heavy (non-hydrogen) atoms. The highest BCUT2D eigenvalue weighted by molar-refractivity contribution is 7.71. The Hall–Kier alpha value is -3.06. The lowest BCUT2D eigenvalue weighted by Crippen LogP contribution is -2.17. The second kappa shape index (κ2) is 8.13. The first kappa shape index (κ1) is 19.6. The largest absolute Gasteiger partial charge is 0.372 e. The first-order valence-electron chi connectivity index (χ1n) is 11.7. The van der Waals surface area contributed by atoms with Gasteiger partial charge in [0.05, 0.1) is 28.7 Å². The monoisotopic (exact) mass is 444 g/mol. The highest BCUT2D eigenvalue weighted by Gasteiger charge is 2.22. The minimum atomic E-state index is 0.495. The van der Waals surface area contributed by atoms with Crippen LogP contribution in [0, 0.1) is 4.77 Å². The van der Waals surface area contributed by atoms with Crippen LogP contribution in [0.15, 0.2) is 48.8 Å². The molecule has 2 aromatic carbocycles. The topological polar surface area (TPSA) is 64.7 Å². The molecule has 2 aromatic heterocycles. The summed E-state index contributed by atoms with van der Waals surface area (Å²) in [6.07, 6.45) is 9.29. The van der Waals surface area contributed by atoms with Gasteiger partial charge >= 0.3 is 0 Å². The van der Waals surface area contributed by atoms with Crippen molar-refractivity contribution in [3.63, 3.8) is 0 Å². The van der Waals surface area contributed by atoms with Crippen molar-refractivity contribution in [1.82, 2.24) is 19.5 Å². The summed E-state index contributed by atoms with van der Waals surface area (Å²) in [5, 5.41) is 3.77. The third kappa shape index (κ3) is 3.50. The summed E-state index contributed by atoms with van der Waals surface area (Å²) in [6.45, 7) is 2.30. The number of nitrogens with zero attached hydrogens (tertiary/aromatic N) is 3. The summed E-state index contributed by atoms with van der Waals surface area (Å²) in [5.41, 5.74) is 6.54. The van der Waals surface area contributed by atoms with E-state index in [0.717, 1.165) is 46.9 Å². The molecule has 6 nitrogen and oxygen atoms in total. The molecular weight excluding hydrogens is 416 g/mol. The van der Waals surface area contributed by atoms with E-state index in [1.165, 1.54) is 44.2 Å². The number of aromatic amines is 2. The molecule has 0 unspecified atom stereocenters. The number of imidazole rings is 2. The molecule has 0 bridgehead atoms. The Kier molecular flexibility index (Phi) is 4.98. The fourth-order valence-corrected chi connectivity index (χ4v) is 5.50. The average Bonchev–Trinajstić information content (AvgIpc) is 3.61. The van der Waals surface area contributed by atoms with Gasteiger partial charge in [-0.25, -0.2) is 4.98 Å². The fourth-order valence-electron chi connectivity index (χ4n) is 5.20. The Labute approximate surface area is 192 Å².